The first-order valence-electron chi connectivity index (χ1n) is 23.0. The van der Waals surface area contributed by atoms with Crippen LogP contribution in [0, 0.1) is 11.3 Å². The lowest BCUT2D eigenvalue weighted by Gasteiger charge is -2.25. The van der Waals surface area contributed by atoms with Crippen molar-refractivity contribution in [1.82, 2.24) is 4.90 Å². The van der Waals surface area contributed by atoms with Crippen LogP contribution in [0.2, 0.25) is 0 Å². The van der Waals surface area contributed by atoms with E-state index >= 15 is 0 Å². The number of carbonyl (C=O) groups is 2. The molecule has 0 saturated heterocycles. The summed E-state index contributed by atoms with van der Waals surface area (Å²) >= 11 is 0. The first-order chi connectivity index (χ1) is 25.3. The Hall–Kier alpha value is -1.14. The van der Waals surface area contributed by atoms with Gasteiger partial charge in [0.15, 0.2) is 0 Å². The summed E-state index contributed by atoms with van der Waals surface area (Å²) in [6, 6.07) is 0. The zero-order valence-electron chi connectivity index (χ0n) is 35.8. The molecule has 0 aliphatic carbocycles. The maximum Gasteiger partial charge on any atom is 0.311 e. The molecule has 0 fully saturated rings. The molecule has 310 valence electrons. The van der Waals surface area contributed by atoms with Crippen LogP contribution in [-0.2, 0) is 19.1 Å². The fourth-order valence-corrected chi connectivity index (χ4v) is 7.21. The molecule has 0 unspecified atom stereocenters. The van der Waals surface area contributed by atoms with Crippen LogP contribution in [0.3, 0.4) is 0 Å². The molecule has 0 aromatic heterocycles. The van der Waals surface area contributed by atoms with Gasteiger partial charge in [-0.3, -0.25) is 9.59 Å². The van der Waals surface area contributed by atoms with Crippen LogP contribution in [0.25, 0.3) is 0 Å². The van der Waals surface area contributed by atoms with E-state index in [2.05, 4.69) is 39.5 Å². The van der Waals surface area contributed by atoms with Crippen molar-refractivity contribution in [2.24, 2.45) is 11.3 Å². The number of hydrogen-bond donors (Lipinski definition) is 1. The molecule has 52 heavy (non-hydrogen) atoms. The van der Waals surface area contributed by atoms with Crippen molar-refractivity contribution in [3.8, 4) is 0 Å². The summed E-state index contributed by atoms with van der Waals surface area (Å²) in [5.74, 6) is 0.473. The molecule has 0 radical (unpaired) electrons. The zero-order valence-corrected chi connectivity index (χ0v) is 35.8. The summed E-state index contributed by atoms with van der Waals surface area (Å²) in [7, 11) is 0. The SMILES string of the molecule is CCCCCCCCCOC(=O)CCCCCCCN(CCCO)CCCCCCC(C)(C)C(=O)OCC(CCCCCCC)CCCCCCC. The molecule has 1 N–H and O–H groups in total. The second-order valence-electron chi connectivity index (χ2n) is 16.7. The van der Waals surface area contributed by atoms with Gasteiger partial charge in [0.1, 0.15) is 0 Å². The van der Waals surface area contributed by atoms with Crippen LogP contribution in [0.5, 0.6) is 0 Å². The van der Waals surface area contributed by atoms with E-state index in [0.29, 0.717) is 25.6 Å². The van der Waals surface area contributed by atoms with Crippen LogP contribution in [0.1, 0.15) is 234 Å². The predicted octanol–water partition coefficient (Wildman–Crippen LogP) is 13.2. The third-order valence-corrected chi connectivity index (χ3v) is 11.0. The van der Waals surface area contributed by atoms with Crippen LogP contribution < -0.4 is 0 Å². The molecule has 0 spiro atoms. The van der Waals surface area contributed by atoms with Gasteiger partial charge in [-0.15, -0.1) is 0 Å². The number of carbonyl (C=O) groups excluding carboxylic acids is 2. The number of rotatable bonds is 41. The third kappa shape index (κ3) is 33.4. The minimum atomic E-state index is -0.423. The molecule has 6 heteroatoms. The highest BCUT2D eigenvalue weighted by atomic mass is 16.5. The Kier molecular flexibility index (Phi) is 37.3. The number of esters is 2. The molecule has 0 atom stereocenters. The summed E-state index contributed by atoms with van der Waals surface area (Å²) in [4.78, 5) is 27.7. The van der Waals surface area contributed by atoms with Crippen molar-refractivity contribution in [2.75, 3.05) is 39.5 Å². The fraction of sp³-hybridized carbons (Fsp3) is 0.957. The summed E-state index contributed by atoms with van der Waals surface area (Å²) < 4.78 is 11.4. The Bertz CT molecular complexity index is 758. The van der Waals surface area contributed by atoms with Crippen molar-refractivity contribution in [2.45, 2.75) is 234 Å². The molecule has 0 bridgehead atoms. The molecule has 0 aromatic carbocycles. The fourth-order valence-electron chi connectivity index (χ4n) is 7.21. The largest absolute Gasteiger partial charge is 0.466 e. The van der Waals surface area contributed by atoms with E-state index in [1.165, 1.54) is 135 Å². The molecule has 0 rings (SSSR count). The Morgan fingerprint density at radius 1 is 0.538 bits per heavy atom. The molecule has 0 heterocycles. The highest BCUT2D eigenvalue weighted by Crippen LogP contribution is 2.27. The molecule has 6 nitrogen and oxygen atoms in total. The lowest BCUT2D eigenvalue weighted by molar-refractivity contribution is -0.156. The number of aliphatic hydroxyl groups excluding tert-OH is 1. The molecule has 0 aliphatic rings. The maximum atomic E-state index is 13.1. The van der Waals surface area contributed by atoms with Gasteiger partial charge in [-0.25, -0.2) is 0 Å². The van der Waals surface area contributed by atoms with Crippen molar-refractivity contribution in [3.63, 3.8) is 0 Å². The Morgan fingerprint density at radius 3 is 1.52 bits per heavy atom. The normalized spacial score (nSPS) is 11.9. The number of ether oxygens (including phenoxy) is 2. The number of nitrogens with zero attached hydrogens (tertiary/aromatic N) is 1. The van der Waals surface area contributed by atoms with Gasteiger partial charge in [0.2, 0.25) is 0 Å². The summed E-state index contributed by atoms with van der Waals surface area (Å²) in [5, 5.41) is 9.41. The van der Waals surface area contributed by atoms with Crippen LogP contribution in [0.15, 0.2) is 0 Å². The Morgan fingerprint density at radius 2 is 0.981 bits per heavy atom. The Labute approximate surface area is 324 Å². The Balaban J connectivity index is 4.17. The molecule has 0 saturated carbocycles. The van der Waals surface area contributed by atoms with Gasteiger partial charge in [0.25, 0.3) is 0 Å². The van der Waals surface area contributed by atoms with E-state index in [0.717, 1.165) is 77.4 Å². The maximum absolute atomic E-state index is 13.1. The smallest absolute Gasteiger partial charge is 0.311 e. The lowest BCUT2D eigenvalue weighted by Crippen LogP contribution is -2.29. The topological polar surface area (TPSA) is 76.1 Å². The highest BCUT2D eigenvalue weighted by molar-refractivity contribution is 5.75. The molecular weight excluding hydrogens is 647 g/mol. The lowest BCUT2D eigenvalue weighted by atomic mass is 9.86. The predicted molar refractivity (Wildman–Crippen MR) is 223 cm³/mol. The second kappa shape index (κ2) is 38.1. The van der Waals surface area contributed by atoms with Gasteiger partial charge in [0, 0.05) is 19.6 Å². The van der Waals surface area contributed by atoms with Crippen LogP contribution in [-0.4, -0.2) is 61.4 Å². The van der Waals surface area contributed by atoms with E-state index in [1.807, 2.05) is 0 Å². The second-order valence-corrected chi connectivity index (χ2v) is 16.7. The number of hydrogen-bond acceptors (Lipinski definition) is 6. The molecule has 0 aliphatic heterocycles. The van der Waals surface area contributed by atoms with Gasteiger partial charge < -0.3 is 19.5 Å². The minimum Gasteiger partial charge on any atom is -0.466 e. The van der Waals surface area contributed by atoms with E-state index in [1.54, 1.807) is 0 Å². The van der Waals surface area contributed by atoms with Gasteiger partial charge in [-0.2, -0.15) is 0 Å². The first kappa shape index (κ1) is 50.9. The highest BCUT2D eigenvalue weighted by Gasteiger charge is 2.29. The standard InChI is InChI=1S/C46H91NO5/c1-6-9-12-15-16-24-31-41-51-44(49)35-27-20-17-22-29-37-47(39-32-40-48)38-30-23-21-28-36-46(4,5)45(50)52-42-43(33-25-18-13-10-7-2)34-26-19-14-11-8-3/h43,48H,6-42H2,1-5H3. The van der Waals surface area contributed by atoms with Gasteiger partial charge in [0.05, 0.1) is 18.6 Å². The molecular formula is C46H91NO5. The number of aliphatic hydroxyl groups is 1. The first-order valence-corrected chi connectivity index (χ1v) is 23.0. The van der Waals surface area contributed by atoms with Crippen molar-refractivity contribution < 1.29 is 24.2 Å². The number of unbranched alkanes of at least 4 members (excludes halogenated alkanes) is 21. The van der Waals surface area contributed by atoms with Crippen LogP contribution >= 0.6 is 0 Å². The van der Waals surface area contributed by atoms with E-state index in [9.17, 15) is 14.7 Å². The zero-order chi connectivity index (χ0) is 38.4. The average Bonchev–Trinajstić information content (AvgIpc) is 3.13. The van der Waals surface area contributed by atoms with E-state index < -0.39 is 5.41 Å². The molecule has 0 aromatic rings. The average molecular weight is 738 g/mol. The summed E-state index contributed by atoms with van der Waals surface area (Å²) in [6.45, 7) is 15.5. The third-order valence-electron chi connectivity index (χ3n) is 11.0. The minimum absolute atomic E-state index is 0.0108. The van der Waals surface area contributed by atoms with Crippen molar-refractivity contribution in [1.29, 1.82) is 0 Å². The van der Waals surface area contributed by atoms with E-state index in [-0.39, 0.29) is 18.5 Å². The summed E-state index contributed by atoms with van der Waals surface area (Å²) in [5.41, 5.74) is -0.423. The van der Waals surface area contributed by atoms with Gasteiger partial charge in [-0.1, -0.05) is 162 Å². The van der Waals surface area contributed by atoms with Crippen LogP contribution in [0.4, 0.5) is 0 Å². The van der Waals surface area contributed by atoms with Crippen molar-refractivity contribution in [3.05, 3.63) is 0 Å². The molecule has 0 amide bonds. The quantitative estimate of drug-likeness (QED) is 0.0497. The van der Waals surface area contributed by atoms with Crippen molar-refractivity contribution >= 4 is 11.9 Å². The summed E-state index contributed by atoms with van der Waals surface area (Å²) in [6.07, 6.45) is 36.4. The van der Waals surface area contributed by atoms with Gasteiger partial charge >= 0.3 is 11.9 Å². The van der Waals surface area contributed by atoms with Gasteiger partial charge in [-0.05, 0) is 84.2 Å². The monoisotopic (exact) mass is 738 g/mol. The van der Waals surface area contributed by atoms with E-state index in [4.69, 9.17) is 9.47 Å².